The summed E-state index contributed by atoms with van der Waals surface area (Å²) >= 11 is 1.28. The number of carbonyl (C=O) groups is 1. The number of hydrogen-bond donors (Lipinski definition) is 0. The molecule has 0 saturated heterocycles. The van der Waals surface area contributed by atoms with Crippen LogP contribution in [0.4, 0.5) is 0 Å². The van der Waals surface area contributed by atoms with E-state index in [-0.39, 0.29) is 16.4 Å². The molecule has 3 aliphatic rings. The quantitative estimate of drug-likeness (QED) is 0.624. The molecule has 0 radical (unpaired) electrons. The summed E-state index contributed by atoms with van der Waals surface area (Å²) < 4.78 is 5.38. The molecule has 76 valence electrons. The molecule has 2 nitrogen and oxygen atoms in total. The molecule has 0 aromatic carbocycles. The Morgan fingerprint density at radius 2 is 2.47 bits per heavy atom. The lowest BCUT2D eigenvalue weighted by molar-refractivity contribution is -0.115. The molecule has 1 aliphatic carbocycles. The first-order valence-corrected chi connectivity index (χ1v) is 5.76. The van der Waals surface area contributed by atoms with Gasteiger partial charge in [-0.05, 0) is 17.1 Å². The number of thioether (sulfide) groups is 1. The van der Waals surface area contributed by atoms with Gasteiger partial charge in [0.25, 0.3) is 0 Å². The Balaban J connectivity index is 2.17. The highest BCUT2D eigenvalue weighted by molar-refractivity contribution is 8.16. The van der Waals surface area contributed by atoms with Crippen LogP contribution in [0.3, 0.4) is 0 Å². The zero-order valence-electron chi connectivity index (χ0n) is 8.05. The van der Waals surface area contributed by atoms with E-state index in [1.807, 2.05) is 23.6 Å². The molecule has 0 aromatic rings. The summed E-state index contributed by atoms with van der Waals surface area (Å²) in [4.78, 5) is 11.8. The van der Waals surface area contributed by atoms with E-state index in [1.165, 1.54) is 17.3 Å². The molecule has 1 spiro atoms. The van der Waals surface area contributed by atoms with Crippen molar-refractivity contribution in [1.29, 1.82) is 0 Å². The van der Waals surface area contributed by atoms with Crippen LogP contribution in [0.25, 0.3) is 0 Å². The predicted molar refractivity (Wildman–Crippen MR) is 60.0 cm³/mol. The van der Waals surface area contributed by atoms with Crippen molar-refractivity contribution < 1.29 is 9.53 Å². The maximum absolute atomic E-state index is 11.8. The van der Waals surface area contributed by atoms with E-state index in [4.69, 9.17) is 4.74 Å². The van der Waals surface area contributed by atoms with Gasteiger partial charge in [-0.15, -0.1) is 0 Å². The van der Waals surface area contributed by atoms with Crippen molar-refractivity contribution in [2.75, 3.05) is 6.61 Å². The molecule has 2 atom stereocenters. The van der Waals surface area contributed by atoms with E-state index in [9.17, 15) is 4.79 Å². The summed E-state index contributed by atoms with van der Waals surface area (Å²) in [7, 11) is 0. The van der Waals surface area contributed by atoms with E-state index in [1.54, 1.807) is 6.26 Å². The van der Waals surface area contributed by atoms with Crippen molar-refractivity contribution in [2.45, 2.75) is 0 Å². The largest absolute Gasteiger partial charge is 0.500 e. The summed E-state index contributed by atoms with van der Waals surface area (Å²) in [5.41, 5.74) is 0.928. The monoisotopic (exact) mass is 218 g/mol. The van der Waals surface area contributed by atoms with E-state index in [0.29, 0.717) is 6.61 Å². The minimum absolute atomic E-state index is 0.0718. The highest BCUT2D eigenvalue weighted by atomic mass is 32.2. The SMILES string of the molecule is O=C1SC=CC23COC=CC2=CC=CC13. The van der Waals surface area contributed by atoms with Crippen molar-refractivity contribution >= 4 is 16.9 Å². The average Bonchev–Trinajstić information content (AvgIpc) is 2.27. The Morgan fingerprint density at radius 3 is 3.40 bits per heavy atom. The third-order valence-electron chi connectivity index (χ3n) is 3.14. The van der Waals surface area contributed by atoms with Gasteiger partial charge < -0.3 is 4.74 Å². The average molecular weight is 218 g/mol. The number of carbonyl (C=O) groups excluding carboxylic acids is 1. The third-order valence-corrected chi connectivity index (χ3v) is 3.90. The molecule has 0 aromatic heterocycles. The summed E-state index contributed by atoms with van der Waals surface area (Å²) in [6, 6.07) is 0. The Hall–Kier alpha value is -1.22. The van der Waals surface area contributed by atoms with Gasteiger partial charge in [-0.25, -0.2) is 0 Å². The van der Waals surface area contributed by atoms with Crippen LogP contribution in [0.1, 0.15) is 0 Å². The first kappa shape index (κ1) is 9.04. The molecule has 15 heavy (non-hydrogen) atoms. The van der Waals surface area contributed by atoms with Gasteiger partial charge in [0.2, 0.25) is 5.12 Å². The highest BCUT2D eigenvalue weighted by Crippen LogP contribution is 2.48. The van der Waals surface area contributed by atoms with Gasteiger partial charge >= 0.3 is 0 Å². The van der Waals surface area contributed by atoms with Gasteiger partial charge in [-0.2, -0.15) is 0 Å². The van der Waals surface area contributed by atoms with Gasteiger partial charge in [-0.1, -0.05) is 36.1 Å². The number of hydrogen-bond acceptors (Lipinski definition) is 3. The van der Waals surface area contributed by atoms with E-state index < -0.39 is 0 Å². The normalized spacial score (nSPS) is 36.7. The van der Waals surface area contributed by atoms with Crippen LogP contribution in [0, 0.1) is 11.3 Å². The molecule has 2 heterocycles. The Morgan fingerprint density at radius 1 is 1.53 bits per heavy atom. The summed E-state index contributed by atoms with van der Waals surface area (Å²) in [5, 5.41) is 2.09. The van der Waals surface area contributed by atoms with Gasteiger partial charge in [0.1, 0.15) is 6.61 Å². The van der Waals surface area contributed by atoms with Crippen molar-refractivity contribution in [2.24, 2.45) is 11.3 Å². The zero-order chi connectivity index (χ0) is 10.3. The van der Waals surface area contributed by atoms with Crippen LogP contribution in [0.15, 0.2) is 47.6 Å². The molecule has 0 amide bonds. The van der Waals surface area contributed by atoms with Crippen LogP contribution >= 0.6 is 11.8 Å². The topological polar surface area (TPSA) is 26.3 Å². The summed E-state index contributed by atoms with van der Waals surface area (Å²) in [6.45, 7) is 0.563. The minimum atomic E-state index is -0.244. The smallest absolute Gasteiger partial charge is 0.201 e. The van der Waals surface area contributed by atoms with Crippen molar-refractivity contribution in [1.82, 2.24) is 0 Å². The van der Waals surface area contributed by atoms with Gasteiger partial charge in [0, 0.05) is 0 Å². The molecule has 2 unspecified atom stereocenters. The van der Waals surface area contributed by atoms with Crippen molar-refractivity contribution in [3.05, 3.63) is 47.6 Å². The second-order valence-electron chi connectivity index (χ2n) is 3.88. The van der Waals surface area contributed by atoms with Crippen LogP contribution in [-0.2, 0) is 9.53 Å². The standard InChI is InChI=1S/C12H10O2S/c13-11-10-3-1-2-9-4-6-14-8-12(9,10)5-7-15-11/h1-7,10H,8H2. The molecule has 0 bridgehead atoms. The summed E-state index contributed by atoms with van der Waals surface area (Å²) in [5.74, 6) is -0.0718. The number of allylic oxidation sites excluding steroid dienone is 4. The number of rotatable bonds is 0. The second kappa shape index (κ2) is 3.14. The molecule has 0 N–H and O–H groups in total. The van der Waals surface area contributed by atoms with Crippen LogP contribution < -0.4 is 0 Å². The van der Waals surface area contributed by atoms with Crippen LogP contribution in [0.2, 0.25) is 0 Å². The van der Waals surface area contributed by atoms with E-state index in [2.05, 4.69) is 12.2 Å². The minimum Gasteiger partial charge on any atom is -0.500 e. The van der Waals surface area contributed by atoms with Gasteiger partial charge in [0.05, 0.1) is 17.6 Å². The highest BCUT2D eigenvalue weighted by Gasteiger charge is 2.46. The zero-order valence-corrected chi connectivity index (χ0v) is 8.87. The lowest BCUT2D eigenvalue weighted by Gasteiger charge is -2.41. The number of ether oxygens (including phenoxy) is 1. The second-order valence-corrected chi connectivity index (χ2v) is 4.79. The summed E-state index contributed by atoms with van der Waals surface area (Å²) in [6.07, 6.45) is 11.8. The van der Waals surface area contributed by atoms with E-state index in [0.717, 1.165) is 0 Å². The molecule has 2 aliphatic heterocycles. The van der Waals surface area contributed by atoms with Crippen molar-refractivity contribution in [3.63, 3.8) is 0 Å². The Kier molecular flexibility index (Phi) is 1.89. The Labute approximate surface area is 92.4 Å². The van der Waals surface area contributed by atoms with Crippen molar-refractivity contribution in [3.8, 4) is 0 Å². The third kappa shape index (κ3) is 1.16. The van der Waals surface area contributed by atoms with Gasteiger partial charge in [-0.3, -0.25) is 4.79 Å². The van der Waals surface area contributed by atoms with E-state index >= 15 is 0 Å². The predicted octanol–water partition coefficient (Wildman–Crippen LogP) is 2.42. The van der Waals surface area contributed by atoms with Crippen LogP contribution in [0.5, 0.6) is 0 Å². The molecule has 0 fully saturated rings. The molecule has 3 heteroatoms. The molecular weight excluding hydrogens is 208 g/mol. The fraction of sp³-hybridized carbons (Fsp3) is 0.250. The molecular formula is C12H10O2S. The maximum Gasteiger partial charge on any atom is 0.201 e. The first-order valence-electron chi connectivity index (χ1n) is 4.88. The maximum atomic E-state index is 11.8. The first-order chi connectivity index (χ1) is 7.33. The lowest BCUT2D eigenvalue weighted by atomic mass is 9.67. The fourth-order valence-electron chi connectivity index (χ4n) is 2.30. The van der Waals surface area contributed by atoms with Gasteiger partial charge in [0.15, 0.2) is 0 Å². The lowest BCUT2D eigenvalue weighted by Crippen LogP contribution is -2.41. The Bertz CT molecular complexity index is 431. The fourth-order valence-corrected chi connectivity index (χ4v) is 3.18. The molecule has 3 rings (SSSR count). The molecule has 0 saturated carbocycles. The van der Waals surface area contributed by atoms with Crippen LogP contribution in [-0.4, -0.2) is 11.7 Å².